The van der Waals surface area contributed by atoms with E-state index in [9.17, 15) is 9.59 Å². The summed E-state index contributed by atoms with van der Waals surface area (Å²) >= 11 is 5.92. The Balaban J connectivity index is 1.41. The van der Waals surface area contributed by atoms with E-state index in [0.29, 0.717) is 23.2 Å². The first kappa shape index (κ1) is 16.3. The van der Waals surface area contributed by atoms with Gasteiger partial charge in [0.2, 0.25) is 0 Å². The average molecular weight is 337 g/mol. The molecule has 5 nitrogen and oxygen atoms in total. The zero-order valence-electron chi connectivity index (χ0n) is 13.1. The Morgan fingerprint density at radius 3 is 2.43 bits per heavy atom. The van der Waals surface area contributed by atoms with Crippen molar-refractivity contribution >= 4 is 23.4 Å². The number of hydrogen-bond donors (Lipinski definition) is 3. The van der Waals surface area contributed by atoms with Gasteiger partial charge < -0.3 is 15.5 Å². The van der Waals surface area contributed by atoms with Crippen molar-refractivity contribution in [2.75, 3.05) is 19.6 Å². The highest BCUT2D eigenvalue weighted by atomic mass is 35.5. The number of nitrogens with one attached hydrogen (secondary N) is 3. The first-order valence-electron chi connectivity index (χ1n) is 8.29. The summed E-state index contributed by atoms with van der Waals surface area (Å²) in [4.78, 5) is 25.3. The molecule has 1 aromatic carbocycles. The Morgan fingerprint density at radius 1 is 1.09 bits per heavy atom. The molecule has 2 amide bonds. The van der Waals surface area contributed by atoms with E-state index in [1.54, 1.807) is 24.3 Å². The van der Waals surface area contributed by atoms with Crippen LogP contribution in [0.2, 0.25) is 5.02 Å². The van der Waals surface area contributed by atoms with Crippen LogP contribution in [0, 0.1) is 0 Å². The number of quaternary nitrogens is 1. The molecule has 1 saturated carbocycles. The average Bonchev–Trinajstić information content (AvgIpc) is 3.33. The van der Waals surface area contributed by atoms with Crippen molar-refractivity contribution in [3.05, 3.63) is 34.9 Å². The Labute approximate surface area is 141 Å². The topological polar surface area (TPSA) is 62.6 Å². The number of rotatable bonds is 5. The first-order valence-corrected chi connectivity index (χ1v) is 8.67. The van der Waals surface area contributed by atoms with Crippen LogP contribution in [0.5, 0.6) is 0 Å². The minimum absolute atomic E-state index is 0.0765. The van der Waals surface area contributed by atoms with E-state index in [-0.39, 0.29) is 17.9 Å². The van der Waals surface area contributed by atoms with Crippen LogP contribution < -0.4 is 15.5 Å². The molecule has 1 heterocycles. The zero-order valence-corrected chi connectivity index (χ0v) is 13.9. The fraction of sp³-hybridized carbons (Fsp3) is 0.529. The van der Waals surface area contributed by atoms with Gasteiger partial charge in [-0.05, 0) is 31.0 Å². The molecule has 0 atom stereocenters. The molecule has 0 radical (unpaired) electrons. The smallest absolute Gasteiger partial charge is 0.275 e. The van der Waals surface area contributed by atoms with Gasteiger partial charge in [0.05, 0.1) is 13.1 Å². The first-order chi connectivity index (χ1) is 11.1. The summed E-state index contributed by atoms with van der Waals surface area (Å²) in [7, 11) is 0. The number of halogens is 1. The van der Waals surface area contributed by atoms with Crippen molar-refractivity contribution in [3.8, 4) is 0 Å². The van der Waals surface area contributed by atoms with E-state index in [4.69, 9.17) is 11.6 Å². The lowest BCUT2D eigenvalue weighted by Crippen LogP contribution is -3.14. The molecule has 1 aliphatic carbocycles. The molecule has 2 fully saturated rings. The van der Waals surface area contributed by atoms with E-state index in [1.807, 2.05) is 0 Å². The third kappa shape index (κ3) is 4.94. The summed E-state index contributed by atoms with van der Waals surface area (Å²) in [5.41, 5.74) is 0.594. The Morgan fingerprint density at radius 2 is 1.78 bits per heavy atom. The molecule has 23 heavy (non-hydrogen) atoms. The van der Waals surface area contributed by atoms with Gasteiger partial charge in [-0.3, -0.25) is 9.59 Å². The fourth-order valence-corrected chi connectivity index (χ4v) is 3.17. The Kier molecular flexibility index (Phi) is 5.18. The Bertz CT molecular complexity index is 581. The molecule has 3 rings (SSSR count). The summed E-state index contributed by atoms with van der Waals surface area (Å²) in [5, 5.41) is 6.66. The van der Waals surface area contributed by atoms with Crippen molar-refractivity contribution < 1.29 is 14.5 Å². The van der Waals surface area contributed by atoms with Crippen molar-refractivity contribution in [1.29, 1.82) is 0 Å². The summed E-state index contributed by atoms with van der Waals surface area (Å²) in [6.45, 7) is 2.38. The lowest BCUT2D eigenvalue weighted by molar-refractivity contribution is -0.897. The minimum Gasteiger partial charge on any atom is -0.349 e. The third-order valence-electron chi connectivity index (χ3n) is 4.47. The van der Waals surface area contributed by atoms with Gasteiger partial charge in [0.15, 0.2) is 6.54 Å². The van der Waals surface area contributed by atoms with Gasteiger partial charge in [0.25, 0.3) is 11.8 Å². The van der Waals surface area contributed by atoms with Gasteiger partial charge in [-0.15, -0.1) is 0 Å². The van der Waals surface area contributed by atoms with E-state index in [0.717, 1.165) is 38.8 Å². The standard InChI is InChI=1S/C17H22ClN3O2/c18-13-3-1-2-12(10-13)17(23)20-15-6-8-21(9-7-15)11-16(22)19-14-4-5-14/h1-3,10,14-15H,4-9,11H2,(H,19,22)(H,20,23)/p+1. The Hall–Kier alpha value is -1.59. The molecule has 3 N–H and O–H groups in total. The maximum atomic E-state index is 12.2. The molecule has 1 aromatic rings. The van der Waals surface area contributed by atoms with Crippen LogP contribution in [0.25, 0.3) is 0 Å². The second-order valence-electron chi connectivity index (χ2n) is 6.53. The quantitative estimate of drug-likeness (QED) is 0.728. The molecule has 0 spiro atoms. The molecule has 2 aliphatic rings. The van der Waals surface area contributed by atoms with Gasteiger partial charge >= 0.3 is 0 Å². The maximum Gasteiger partial charge on any atom is 0.275 e. The van der Waals surface area contributed by atoms with Crippen LogP contribution in [0.4, 0.5) is 0 Å². The number of piperidine rings is 1. The largest absolute Gasteiger partial charge is 0.349 e. The molecule has 124 valence electrons. The van der Waals surface area contributed by atoms with Crippen LogP contribution in [0.3, 0.4) is 0 Å². The number of amides is 2. The van der Waals surface area contributed by atoms with Gasteiger partial charge in [-0.25, -0.2) is 0 Å². The molecule has 0 bridgehead atoms. The van der Waals surface area contributed by atoms with Gasteiger partial charge in [-0.2, -0.15) is 0 Å². The molecule has 0 aromatic heterocycles. The van der Waals surface area contributed by atoms with E-state index in [2.05, 4.69) is 10.6 Å². The molecular formula is C17H23ClN3O2+. The van der Waals surface area contributed by atoms with Crippen LogP contribution in [-0.2, 0) is 4.79 Å². The second-order valence-corrected chi connectivity index (χ2v) is 6.96. The molecule has 0 unspecified atom stereocenters. The number of carbonyl (C=O) groups excluding carboxylic acids is 2. The fourth-order valence-electron chi connectivity index (χ4n) is 2.98. The van der Waals surface area contributed by atoms with Crippen molar-refractivity contribution in [3.63, 3.8) is 0 Å². The predicted molar refractivity (Wildman–Crippen MR) is 88.7 cm³/mol. The van der Waals surface area contributed by atoms with Crippen LogP contribution in [0.1, 0.15) is 36.0 Å². The van der Waals surface area contributed by atoms with Gasteiger partial charge in [0.1, 0.15) is 0 Å². The van der Waals surface area contributed by atoms with Crippen molar-refractivity contribution in [2.45, 2.75) is 37.8 Å². The zero-order chi connectivity index (χ0) is 16.2. The highest BCUT2D eigenvalue weighted by Crippen LogP contribution is 2.18. The van der Waals surface area contributed by atoms with Crippen LogP contribution in [-0.4, -0.2) is 43.5 Å². The van der Waals surface area contributed by atoms with E-state index in [1.165, 1.54) is 4.90 Å². The number of likely N-dealkylation sites (tertiary alicyclic amines) is 1. The SMILES string of the molecule is O=C(C[NH+]1CCC(NC(=O)c2cccc(Cl)c2)CC1)NC1CC1. The summed E-state index contributed by atoms with van der Waals surface area (Å²) < 4.78 is 0. The lowest BCUT2D eigenvalue weighted by atomic mass is 10.0. The van der Waals surface area contributed by atoms with Crippen LogP contribution in [0.15, 0.2) is 24.3 Å². The van der Waals surface area contributed by atoms with Gasteiger partial charge in [0, 0.05) is 35.5 Å². The second kappa shape index (κ2) is 7.32. The minimum atomic E-state index is -0.0765. The highest BCUT2D eigenvalue weighted by Gasteiger charge is 2.28. The number of benzene rings is 1. The summed E-state index contributed by atoms with van der Waals surface area (Å²) in [6, 6.07) is 7.59. The molecular weight excluding hydrogens is 314 g/mol. The molecule has 1 aliphatic heterocycles. The van der Waals surface area contributed by atoms with Crippen LogP contribution >= 0.6 is 11.6 Å². The van der Waals surface area contributed by atoms with E-state index >= 15 is 0 Å². The normalized spacial score (nSPS) is 24.0. The molecule has 6 heteroatoms. The third-order valence-corrected chi connectivity index (χ3v) is 4.70. The van der Waals surface area contributed by atoms with Gasteiger partial charge in [-0.1, -0.05) is 17.7 Å². The summed E-state index contributed by atoms with van der Waals surface area (Å²) in [5.74, 6) is 0.0799. The maximum absolute atomic E-state index is 12.2. The predicted octanol–water partition coefficient (Wildman–Crippen LogP) is 0.396. The summed E-state index contributed by atoms with van der Waals surface area (Å²) in [6.07, 6.45) is 4.05. The monoisotopic (exact) mass is 336 g/mol. The lowest BCUT2D eigenvalue weighted by Gasteiger charge is -2.29. The molecule has 1 saturated heterocycles. The number of hydrogen-bond acceptors (Lipinski definition) is 2. The number of carbonyl (C=O) groups is 2. The van der Waals surface area contributed by atoms with Crippen molar-refractivity contribution in [1.82, 2.24) is 10.6 Å². The highest BCUT2D eigenvalue weighted by molar-refractivity contribution is 6.30. The van der Waals surface area contributed by atoms with Crippen molar-refractivity contribution in [2.24, 2.45) is 0 Å². The van der Waals surface area contributed by atoms with E-state index < -0.39 is 0 Å².